The lowest BCUT2D eigenvalue weighted by Crippen LogP contribution is -2.50. The van der Waals surface area contributed by atoms with Crippen LogP contribution in [-0.2, 0) is 6.54 Å². The normalized spacial score (nSPS) is 25.7. The third-order valence-electron chi connectivity index (χ3n) is 5.05. The molecule has 2 fully saturated rings. The Morgan fingerprint density at radius 3 is 2.86 bits per heavy atom. The number of hydrogen-bond acceptors (Lipinski definition) is 1. The fraction of sp³-hybridized carbons (Fsp3) is 0.706. The molecule has 2 atom stereocenters. The van der Waals surface area contributed by atoms with Gasteiger partial charge in [0.05, 0.1) is 0 Å². The minimum atomic E-state index is 0.241. The molecule has 21 heavy (non-hydrogen) atoms. The van der Waals surface area contributed by atoms with Crippen molar-refractivity contribution in [2.75, 3.05) is 6.54 Å². The van der Waals surface area contributed by atoms with Crippen LogP contribution in [0.15, 0.2) is 16.7 Å². The molecule has 2 aliphatic rings. The summed E-state index contributed by atoms with van der Waals surface area (Å²) in [6.45, 7) is 4.00. The fourth-order valence-electron chi connectivity index (χ4n) is 4.10. The topological polar surface area (TPSA) is 25.2 Å². The standard InChI is InChI=1S/C17H25BrN2O/c1-2-9-19-12-14(18)11-16(19)17(21)20-10-5-7-13-6-3-4-8-15(13)20/h11-13,15H,2-10H2,1H3. The number of aryl methyl sites for hydroxylation is 1. The number of carbonyl (C=O) groups is 1. The highest BCUT2D eigenvalue weighted by Crippen LogP contribution is 2.36. The largest absolute Gasteiger partial charge is 0.342 e. The highest BCUT2D eigenvalue weighted by Gasteiger charge is 2.36. The first-order chi connectivity index (χ1) is 10.2. The molecule has 0 spiro atoms. The summed E-state index contributed by atoms with van der Waals surface area (Å²) in [4.78, 5) is 15.2. The van der Waals surface area contributed by atoms with E-state index >= 15 is 0 Å². The van der Waals surface area contributed by atoms with Crippen molar-refractivity contribution in [1.29, 1.82) is 0 Å². The van der Waals surface area contributed by atoms with Gasteiger partial charge in [0.2, 0.25) is 0 Å². The zero-order valence-electron chi connectivity index (χ0n) is 12.9. The third-order valence-corrected chi connectivity index (χ3v) is 5.48. The first-order valence-corrected chi connectivity index (χ1v) is 9.16. The summed E-state index contributed by atoms with van der Waals surface area (Å²) in [5.74, 6) is 0.986. The van der Waals surface area contributed by atoms with Crippen LogP contribution >= 0.6 is 15.9 Å². The van der Waals surface area contributed by atoms with Crippen molar-refractivity contribution in [2.24, 2.45) is 5.92 Å². The Kier molecular flexibility index (Phi) is 4.72. The number of halogens is 1. The van der Waals surface area contributed by atoms with Gasteiger partial charge in [-0.15, -0.1) is 0 Å². The van der Waals surface area contributed by atoms with E-state index in [9.17, 15) is 4.79 Å². The highest BCUT2D eigenvalue weighted by atomic mass is 79.9. The lowest BCUT2D eigenvalue weighted by Gasteiger charge is -2.44. The highest BCUT2D eigenvalue weighted by molar-refractivity contribution is 9.10. The smallest absolute Gasteiger partial charge is 0.270 e. The van der Waals surface area contributed by atoms with E-state index in [2.05, 4.69) is 32.3 Å². The second-order valence-corrected chi connectivity index (χ2v) is 7.41. The average Bonchev–Trinajstić information content (AvgIpc) is 2.87. The molecule has 2 unspecified atom stereocenters. The number of rotatable bonds is 3. The molecule has 1 aromatic heterocycles. The van der Waals surface area contributed by atoms with Crippen molar-refractivity contribution >= 4 is 21.8 Å². The molecule has 0 aromatic carbocycles. The lowest BCUT2D eigenvalue weighted by molar-refractivity contribution is 0.0381. The molecule has 1 saturated carbocycles. The van der Waals surface area contributed by atoms with Gasteiger partial charge >= 0.3 is 0 Å². The first-order valence-electron chi connectivity index (χ1n) is 8.37. The second-order valence-electron chi connectivity index (χ2n) is 6.49. The molecule has 1 aliphatic carbocycles. The summed E-state index contributed by atoms with van der Waals surface area (Å²) < 4.78 is 3.12. The van der Waals surface area contributed by atoms with Gasteiger partial charge in [-0.3, -0.25) is 4.79 Å². The van der Waals surface area contributed by atoms with Gasteiger partial charge in [-0.2, -0.15) is 0 Å². The minimum absolute atomic E-state index is 0.241. The summed E-state index contributed by atoms with van der Waals surface area (Å²) in [5.41, 5.74) is 0.856. The monoisotopic (exact) mass is 352 g/mol. The van der Waals surface area contributed by atoms with Gasteiger partial charge in [0.15, 0.2) is 0 Å². The molecular weight excluding hydrogens is 328 g/mol. The molecule has 2 heterocycles. The summed E-state index contributed by atoms with van der Waals surface area (Å²) in [5, 5.41) is 0. The van der Waals surface area contributed by atoms with Crippen molar-refractivity contribution in [1.82, 2.24) is 9.47 Å². The summed E-state index contributed by atoms with van der Waals surface area (Å²) in [7, 11) is 0. The van der Waals surface area contributed by atoms with Gasteiger partial charge in [-0.25, -0.2) is 0 Å². The van der Waals surface area contributed by atoms with Crippen molar-refractivity contribution in [2.45, 2.75) is 64.5 Å². The summed E-state index contributed by atoms with van der Waals surface area (Å²) in [6.07, 6.45) is 10.7. The van der Waals surface area contributed by atoms with Gasteiger partial charge < -0.3 is 9.47 Å². The Morgan fingerprint density at radius 2 is 2.05 bits per heavy atom. The molecule has 1 aliphatic heterocycles. The summed E-state index contributed by atoms with van der Waals surface area (Å²) in [6, 6.07) is 2.48. The van der Waals surface area contributed by atoms with Crippen LogP contribution in [0.3, 0.4) is 0 Å². The van der Waals surface area contributed by atoms with Crippen LogP contribution in [0, 0.1) is 5.92 Å². The van der Waals surface area contributed by atoms with Crippen molar-refractivity contribution in [3.05, 3.63) is 22.4 Å². The number of piperidine rings is 1. The maximum atomic E-state index is 13.0. The molecule has 1 saturated heterocycles. The van der Waals surface area contributed by atoms with E-state index in [1.54, 1.807) is 0 Å². The maximum Gasteiger partial charge on any atom is 0.270 e. The third kappa shape index (κ3) is 3.05. The van der Waals surface area contributed by atoms with Gasteiger partial charge in [0.1, 0.15) is 5.69 Å². The summed E-state index contributed by atoms with van der Waals surface area (Å²) >= 11 is 3.52. The van der Waals surface area contributed by atoms with Gasteiger partial charge in [-0.05, 0) is 60.0 Å². The average molecular weight is 353 g/mol. The second kappa shape index (κ2) is 6.55. The fourth-order valence-corrected chi connectivity index (χ4v) is 4.57. The van der Waals surface area contributed by atoms with E-state index in [-0.39, 0.29) is 5.91 Å². The van der Waals surface area contributed by atoms with E-state index in [4.69, 9.17) is 0 Å². The van der Waals surface area contributed by atoms with E-state index in [1.165, 1.54) is 38.5 Å². The Labute approximate surface area is 135 Å². The lowest BCUT2D eigenvalue weighted by atomic mass is 9.78. The molecule has 1 aromatic rings. The number of amides is 1. The number of carbonyl (C=O) groups excluding carboxylic acids is 1. The number of fused-ring (bicyclic) bond motifs is 1. The first kappa shape index (κ1) is 15.1. The molecule has 0 N–H and O–H groups in total. The number of likely N-dealkylation sites (tertiary alicyclic amines) is 1. The molecule has 0 radical (unpaired) electrons. The predicted octanol–water partition coefficient (Wildman–Crippen LogP) is 4.46. The number of hydrogen-bond donors (Lipinski definition) is 0. The van der Waals surface area contributed by atoms with Crippen LogP contribution < -0.4 is 0 Å². The zero-order valence-corrected chi connectivity index (χ0v) is 14.4. The van der Waals surface area contributed by atoms with Crippen LogP contribution in [0.2, 0.25) is 0 Å². The van der Waals surface area contributed by atoms with Crippen molar-refractivity contribution in [3.63, 3.8) is 0 Å². The maximum absolute atomic E-state index is 13.0. The van der Waals surface area contributed by atoms with Crippen LogP contribution in [0.5, 0.6) is 0 Å². The molecule has 1 amide bonds. The number of nitrogens with zero attached hydrogens (tertiary/aromatic N) is 2. The zero-order chi connectivity index (χ0) is 14.8. The molecule has 3 nitrogen and oxygen atoms in total. The Bertz CT molecular complexity index is 509. The van der Waals surface area contributed by atoms with Gasteiger partial charge in [-0.1, -0.05) is 19.8 Å². The van der Waals surface area contributed by atoms with E-state index in [0.717, 1.165) is 35.6 Å². The Morgan fingerprint density at radius 1 is 1.29 bits per heavy atom. The quantitative estimate of drug-likeness (QED) is 0.788. The van der Waals surface area contributed by atoms with Crippen molar-refractivity contribution in [3.8, 4) is 0 Å². The molecular formula is C17H25BrN2O. The Balaban J connectivity index is 1.83. The van der Waals surface area contributed by atoms with Crippen LogP contribution in [-0.4, -0.2) is 28.0 Å². The van der Waals surface area contributed by atoms with Crippen molar-refractivity contribution < 1.29 is 4.79 Å². The van der Waals surface area contributed by atoms with E-state index in [0.29, 0.717) is 6.04 Å². The van der Waals surface area contributed by atoms with Crippen LogP contribution in [0.1, 0.15) is 62.4 Å². The van der Waals surface area contributed by atoms with Gasteiger partial charge in [0.25, 0.3) is 5.91 Å². The van der Waals surface area contributed by atoms with E-state index < -0.39 is 0 Å². The Hall–Kier alpha value is -0.770. The molecule has 3 rings (SSSR count). The SMILES string of the molecule is CCCn1cc(Br)cc1C(=O)N1CCCC2CCCCC21. The minimum Gasteiger partial charge on any atom is -0.342 e. The van der Waals surface area contributed by atoms with Gasteiger partial charge in [0, 0.05) is 29.8 Å². The molecule has 0 bridgehead atoms. The predicted molar refractivity (Wildman–Crippen MR) is 88.4 cm³/mol. The van der Waals surface area contributed by atoms with Crippen LogP contribution in [0.4, 0.5) is 0 Å². The van der Waals surface area contributed by atoms with E-state index in [1.807, 2.05) is 12.3 Å². The number of aromatic nitrogens is 1. The molecule has 116 valence electrons. The molecule has 4 heteroatoms. The van der Waals surface area contributed by atoms with Crippen LogP contribution in [0.25, 0.3) is 0 Å².